The summed E-state index contributed by atoms with van der Waals surface area (Å²) < 4.78 is 1.66. The average Bonchev–Trinajstić information content (AvgIpc) is 3.21. The van der Waals surface area contributed by atoms with Crippen LogP contribution in [0.5, 0.6) is 0 Å². The minimum absolute atomic E-state index is 0.289. The zero-order valence-electron chi connectivity index (χ0n) is 14.5. The number of aryl methyl sites for hydroxylation is 1. The summed E-state index contributed by atoms with van der Waals surface area (Å²) in [7, 11) is 1.80. The predicted molar refractivity (Wildman–Crippen MR) is 98.4 cm³/mol. The van der Waals surface area contributed by atoms with E-state index in [1.54, 1.807) is 60.4 Å². The Labute approximate surface area is 155 Å². The fourth-order valence-electron chi connectivity index (χ4n) is 3.04. The summed E-state index contributed by atoms with van der Waals surface area (Å²) in [6.07, 6.45) is 1.80. The first-order chi connectivity index (χ1) is 13.0. The van der Waals surface area contributed by atoms with Gasteiger partial charge in [-0.1, -0.05) is 18.2 Å². The van der Waals surface area contributed by atoms with Crippen LogP contribution in [-0.4, -0.2) is 27.5 Å². The van der Waals surface area contributed by atoms with E-state index in [4.69, 9.17) is 0 Å². The fraction of sp³-hybridized carbons (Fsp3) is 0.100. The highest BCUT2D eigenvalue weighted by Gasteiger charge is 2.36. The standard InChI is InChI=1S/C20H16N4O3/c1-23-10-9-14(22-23)12-21-18(25)13-5-4-6-15(11-13)24-19(26)16-7-2-3-8-17(16)20(24)27/h2-11H,12H2,1H3,(H,21,25). The van der Waals surface area contributed by atoms with Gasteiger partial charge in [0.05, 0.1) is 29.1 Å². The van der Waals surface area contributed by atoms with Gasteiger partial charge >= 0.3 is 0 Å². The molecule has 3 aromatic rings. The summed E-state index contributed by atoms with van der Waals surface area (Å²) in [6, 6.07) is 15.0. The number of amides is 3. The summed E-state index contributed by atoms with van der Waals surface area (Å²) in [4.78, 5) is 38.7. The zero-order chi connectivity index (χ0) is 19.0. The van der Waals surface area contributed by atoms with Crippen molar-refractivity contribution in [3.05, 3.63) is 83.2 Å². The van der Waals surface area contributed by atoms with E-state index < -0.39 is 0 Å². The summed E-state index contributed by atoms with van der Waals surface area (Å²) in [5, 5.41) is 6.99. The molecule has 1 aromatic heterocycles. The Balaban J connectivity index is 1.55. The van der Waals surface area contributed by atoms with E-state index in [-0.39, 0.29) is 24.3 Å². The SMILES string of the molecule is Cn1ccc(CNC(=O)c2cccc(N3C(=O)c4ccccc4C3=O)c2)n1. The van der Waals surface area contributed by atoms with Gasteiger partial charge in [-0.3, -0.25) is 19.1 Å². The molecular formula is C20H16N4O3. The third-order valence-corrected chi connectivity index (χ3v) is 4.36. The Morgan fingerprint density at radius 2 is 1.70 bits per heavy atom. The Hall–Kier alpha value is -3.74. The molecule has 0 fully saturated rings. The first-order valence-electron chi connectivity index (χ1n) is 8.39. The minimum Gasteiger partial charge on any atom is -0.346 e. The number of nitrogens with one attached hydrogen (secondary N) is 1. The Bertz CT molecular complexity index is 1040. The zero-order valence-corrected chi connectivity index (χ0v) is 14.5. The molecule has 7 heteroatoms. The lowest BCUT2D eigenvalue weighted by molar-refractivity contribution is 0.0919. The van der Waals surface area contributed by atoms with E-state index in [0.29, 0.717) is 22.4 Å². The van der Waals surface area contributed by atoms with Crippen LogP contribution in [0.2, 0.25) is 0 Å². The molecule has 4 rings (SSSR count). The van der Waals surface area contributed by atoms with Crippen molar-refractivity contribution < 1.29 is 14.4 Å². The lowest BCUT2D eigenvalue weighted by atomic mass is 10.1. The second-order valence-corrected chi connectivity index (χ2v) is 6.21. The van der Waals surface area contributed by atoms with Crippen LogP contribution in [0.15, 0.2) is 60.8 Å². The summed E-state index contributed by atoms with van der Waals surface area (Å²) >= 11 is 0. The second-order valence-electron chi connectivity index (χ2n) is 6.21. The van der Waals surface area contributed by atoms with Crippen LogP contribution in [0, 0.1) is 0 Å². The van der Waals surface area contributed by atoms with E-state index in [2.05, 4.69) is 10.4 Å². The molecule has 0 atom stereocenters. The van der Waals surface area contributed by atoms with Crippen molar-refractivity contribution in [1.29, 1.82) is 0 Å². The van der Waals surface area contributed by atoms with Crippen LogP contribution in [0.4, 0.5) is 5.69 Å². The van der Waals surface area contributed by atoms with Crippen LogP contribution in [0.25, 0.3) is 0 Å². The van der Waals surface area contributed by atoms with E-state index in [1.807, 2.05) is 6.07 Å². The first-order valence-corrected chi connectivity index (χ1v) is 8.39. The van der Waals surface area contributed by atoms with Crippen molar-refractivity contribution >= 4 is 23.4 Å². The Morgan fingerprint density at radius 3 is 2.33 bits per heavy atom. The molecule has 1 aliphatic rings. The molecule has 1 aliphatic heterocycles. The van der Waals surface area contributed by atoms with E-state index in [0.717, 1.165) is 10.6 Å². The van der Waals surface area contributed by atoms with E-state index in [1.165, 1.54) is 6.07 Å². The van der Waals surface area contributed by atoms with Gasteiger partial charge in [0.15, 0.2) is 0 Å². The summed E-state index contributed by atoms with van der Waals surface area (Å²) in [5.41, 5.74) is 2.20. The molecule has 27 heavy (non-hydrogen) atoms. The number of hydrogen-bond donors (Lipinski definition) is 1. The molecule has 0 spiro atoms. The molecule has 1 N–H and O–H groups in total. The number of imide groups is 1. The second kappa shape index (κ2) is 6.53. The monoisotopic (exact) mass is 360 g/mol. The molecule has 0 saturated heterocycles. The van der Waals surface area contributed by atoms with Gasteiger partial charge in [0.1, 0.15) is 0 Å². The van der Waals surface area contributed by atoms with Crippen molar-refractivity contribution in [3.8, 4) is 0 Å². The largest absolute Gasteiger partial charge is 0.346 e. The molecule has 2 aromatic carbocycles. The molecule has 0 unspecified atom stereocenters. The predicted octanol–water partition coefficient (Wildman–Crippen LogP) is 2.15. The van der Waals surface area contributed by atoms with Gasteiger partial charge < -0.3 is 5.32 Å². The number of hydrogen-bond acceptors (Lipinski definition) is 4. The van der Waals surface area contributed by atoms with Gasteiger partial charge in [-0.05, 0) is 36.4 Å². The van der Waals surface area contributed by atoms with E-state index in [9.17, 15) is 14.4 Å². The van der Waals surface area contributed by atoms with Crippen LogP contribution < -0.4 is 10.2 Å². The average molecular weight is 360 g/mol. The van der Waals surface area contributed by atoms with Crippen molar-refractivity contribution in [1.82, 2.24) is 15.1 Å². The number of nitrogens with zero attached hydrogens (tertiary/aromatic N) is 3. The van der Waals surface area contributed by atoms with Crippen LogP contribution in [0.1, 0.15) is 36.8 Å². The maximum absolute atomic E-state index is 12.6. The van der Waals surface area contributed by atoms with Crippen molar-refractivity contribution in [2.45, 2.75) is 6.54 Å². The molecule has 7 nitrogen and oxygen atoms in total. The maximum Gasteiger partial charge on any atom is 0.266 e. The number of rotatable bonds is 4. The molecule has 134 valence electrons. The molecule has 0 saturated carbocycles. The quantitative estimate of drug-likeness (QED) is 0.723. The molecule has 0 aliphatic carbocycles. The van der Waals surface area contributed by atoms with Gasteiger partial charge in [-0.25, -0.2) is 4.90 Å². The normalized spacial score (nSPS) is 13.0. The number of aromatic nitrogens is 2. The van der Waals surface area contributed by atoms with Crippen LogP contribution >= 0.6 is 0 Å². The Morgan fingerprint density at radius 1 is 1.00 bits per heavy atom. The summed E-state index contributed by atoms with van der Waals surface area (Å²) in [6.45, 7) is 0.289. The van der Waals surface area contributed by atoms with Gasteiger partial charge in [0, 0.05) is 18.8 Å². The highest BCUT2D eigenvalue weighted by molar-refractivity contribution is 6.34. The maximum atomic E-state index is 12.6. The van der Waals surface area contributed by atoms with Crippen molar-refractivity contribution in [2.75, 3.05) is 4.90 Å². The first kappa shape index (κ1) is 16.7. The number of carbonyl (C=O) groups is 3. The highest BCUT2D eigenvalue weighted by Crippen LogP contribution is 2.28. The fourth-order valence-corrected chi connectivity index (χ4v) is 3.04. The third-order valence-electron chi connectivity index (χ3n) is 4.36. The molecule has 0 radical (unpaired) electrons. The summed E-state index contributed by atoms with van der Waals surface area (Å²) in [5.74, 6) is -1.08. The van der Waals surface area contributed by atoms with E-state index >= 15 is 0 Å². The van der Waals surface area contributed by atoms with Gasteiger partial charge in [-0.2, -0.15) is 5.10 Å². The molecule has 0 bridgehead atoms. The van der Waals surface area contributed by atoms with Crippen LogP contribution in [0.3, 0.4) is 0 Å². The number of benzene rings is 2. The lowest BCUT2D eigenvalue weighted by Crippen LogP contribution is -2.30. The molecule has 3 amide bonds. The van der Waals surface area contributed by atoms with Gasteiger partial charge in [0.25, 0.3) is 17.7 Å². The highest BCUT2D eigenvalue weighted by atomic mass is 16.2. The number of anilines is 1. The van der Waals surface area contributed by atoms with Crippen molar-refractivity contribution in [2.24, 2.45) is 7.05 Å². The van der Waals surface area contributed by atoms with Gasteiger partial charge in [0.2, 0.25) is 0 Å². The number of carbonyl (C=O) groups excluding carboxylic acids is 3. The molecule has 2 heterocycles. The smallest absolute Gasteiger partial charge is 0.266 e. The third kappa shape index (κ3) is 2.99. The van der Waals surface area contributed by atoms with Crippen LogP contribution in [-0.2, 0) is 13.6 Å². The minimum atomic E-state index is -0.387. The lowest BCUT2D eigenvalue weighted by Gasteiger charge is -2.15. The van der Waals surface area contributed by atoms with Gasteiger partial charge in [-0.15, -0.1) is 0 Å². The number of fused-ring (bicyclic) bond motifs is 1. The topological polar surface area (TPSA) is 84.3 Å². The Kier molecular flexibility index (Phi) is 4.04. The van der Waals surface area contributed by atoms with Crippen molar-refractivity contribution in [3.63, 3.8) is 0 Å². The molecular weight excluding hydrogens is 344 g/mol.